The number of hydrogen-bond donors (Lipinski definition) is 1. The fraction of sp³-hybridized carbons (Fsp3) is 0.300. The Morgan fingerprint density at radius 2 is 1.96 bits per heavy atom. The highest BCUT2D eigenvalue weighted by Gasteiger charge is 2.25. The van der Waals surface area contributed by atoms with Gasteiger partial charge in [-0.2, -0.15) is 0 Å². The quantitative estimate of drug-likeness (QED) is 0.789. The van der Waals surface area contributed by atoms with Crippen molar-refractivity contribution < 1.29 is 9.53 Å². The second-order valence-corrected chi connectivity index (χ2v) is 6.50. The van der Waals surface area contributed by atoms with Crippen molar-refractivity contribution in [2.45, 2.75) is 6.92 Å². The lowest BCUT2D eigenvalue weighted by molar-refractivity contribution is 0.0741. The lowest BCUT2D eigenvalue weighted by atomic mass is 10.1. The van der Waals surface area contributed by atoms with Crippen LogP contribution in [-0.4, -0.2) is 54.1 Å². The predicted octanol–water partition coefficient (Wildman–Crippen LogP) is 2.84. The number of aromatic amines is 1. The van der Waals surface area contributed by atoms with Crippen molar-refractivity contribution >= 4 is 22.6 Å². The molecule has 2 aromatic heterocycles. The first-order chi connectivity index (χ1) is 12.7. The summed E-state index contributed by atoms with van der Waals surface area (Å²) in [5, 5.41) is 1.03. The van der Waals surface area contributed by atoms with Gasteiger partial charge in [-0.05, 0) is 42.8 Å². The van der Waals surface area contributed by atoms with Crippen LogP contribution in [-0.2, 0) is 0 Å². The van der Waals surface area contributed by atoms with E-state index in [2.05, 4.69) is 14.9 Å². The third kappa shape index (κ3) is 2.87. The Morgan fingerprint density at radius 3 is 2.65 bits per heavy atom. The van der Waals surface area contributed by atoms with Gasteiger partial charge in [0, 0.05) is 43.3 Å². The molecule has 1 aromatic carbocycles. The zero-order valence-corrected chi connectivity index (χ0v) is 15.0. The van der Waals surface area contributed by atoms with E-state index in [4.69, 9.17) is 4.74 Å². The molecule has 0 bridgehead atoms. The normalized spacial score (nSPS) is 14.7. The number of aryl methyl sites for hydroxylation is 1. The molecule has 1 aliphatic rings. The van der Waals surface area contributed by atoms with Crippen molar-refractivity contribution in [3.05, 3.63) is 53.9 Å². The van der Waals surface area contributed by atoms with Crippen LogP contribution in [0.4, 0.5) is 5.82 Å². The number of aromatic nitrogens is 2. The minimum Gasteiger partial charge on any atom is -0.497 e. The summed E-state index contributed by atoms with van der Waals surface area (Å²) in [6.07, 6.45) is 1.80. The summed E-state index contributed by atoms with van der Waals surface area (Å²) in [5.41, 5.74) is 2.59. The van der Waals surface area contributed by atoms with Crippen LogP contribution in [0.25, 0.3) is 10.9 Å². The molecule has 0 aliphatic carbocycles. The zero-order valence-electron chi connectivity index (χ0n) is 15.0. The number of hydrogen-bond acceptors (Lipinski definition) is 4. The number of nitrogens with zero attached hydrogens (tertiary/aromatic N) is 3. The maximum atomic E-state index is 13.0. The van der Waals surface area contributed by atoms with Crippen LogP contribution in [0, 0.1) is 6.92 Å². The average Bonchev–Trinajstić information content (AvgIpc) is 3.04. The van der Waals surface area contributed by atoms with Crippen molar-refractivity contribution in [3.8, 4) is 5.75 Å². The molecule has 0 saturated carbocycles. The Bertz CT molecular complexity index is 928. The second kappa shape index (κ2) is 6.71. The van der Waals surface area contributed by atoms with Gasteiger partial charge in [0.1, 0.15) is 17.3 Å². The van der Waals surface area contributed by atoms with E-state index in [9.17, 15) is 4.79 Å². The fourth-order valence-electron chi connectivity index (χ4n) is 3.48. The second-order valence-electron chi connectivity index (χ2n) is 6.50. The molecule has 26 heavy (non-hydrogen) atoms. The van der Waals surface area contributed by atoms with Crippen LogP contribution in [0.1, 0.15) is 16.1 Å². The molecule has 0 unspecified atom stereocenters. The molecular weight excluding hydrogens is 328 g/mol. The van der Waals surface area contributed by atoms with Crippen LogP contribution in [0.5, 0.6) is 5.75 Å². The number of rotatable bonds is 3. The summed E-state index contributed by atoms with van der Waals surface area (Å²) < 4.78 is 5.30. The van der Waals surface area contributed by atoms with Gasteiger partial charge in [0.05, 0.1) is 7.11 Å². The van der Waals surface area contributed by atoms with Gasteiger partial charge in [-0.3, -0.25) is 4.79 Å². The number of carbonyl (C=O) groups is 1. The molecule has 6 nitrogen and oxygen atoms in total. The van der Waals surface area contributed by atoms with Crippen LogP contribution in [0.3, 0.4) is 0 Å². The van der Waals surface area contributed by atoms with E-state index in [1.807, 2.05) is 48.2 Å². The highest BCUT2D eigenvalue weighted by atomic mass is 16.5. The van der Waals surface area contributed by atoms with Crippen molar-refractivity contribution in [1.82, 2.24) is 14.9 Å². The number of carbonyl (C=O) groups excluding carboxylic acids is 1. The maximum absolute atomic E-state index is 13.0. The third-order valence-corrected chi connectivity index (χ3v) is 5.02. The summed E-state index contributed by atoms with van der Waals surface area (Å²) in [7, 11) is 1.65. The van der Waals surface area contributed by atoms with Crippen LogP contribution < -0.4 is 9.64 Å². The van der Waals surface area contributed by atoms with Crippen LogP contribution >= 0.6 is 0 Å². The standard InChI is InChI=1S/C20H22N4O2/c1-14-16-13-15(26-2)6-7-17(16)22-19(14)20(25)24-11-9-23(10-12-24)18-5-3-4-8-21-18/h3-8,13,22H,9-12H2,1-2H3. The van der Waals surface area contributed by atoms with Gasteiger partial charge in [-0.15, -0.1) is 0 Å². The van der Waals surface area contributed by atoms with Crippen molar-refractivity contribution in [2.24, 2.45) is 0 Å². The summed E-state index contributed by atoms with van der Waals surface area (Å²) in [6, 6.07) is 11.7. The number of ether oxygens (including phenoxy) is 1. The number of amides is 1. The van der Waals surface area contributed by atoms with E-state index >= 15 is 0 Å². The molecule has 1 amide bonds. The number of benzene rings is 1. The third-order valence-electron chi connectivity index (χ3n) is 5.02. The number of pyridine rings is 1. The molecule has 0 atom stereocenters. The first-order valence-electron chi connectivity index (χ1n) is 8.79. The molecule has 1 saturated heterocycles. The fourth-order valence-corrected chi connectivity index (χ4v) is 3.48. The monoisotopic (exact) mass is 350 g/mol. The van der Waals surface area contributed by atoms with Gasteiger partial charge < -0.3 is 19.5 Å². The van der Waals surface area contributed by atoms with E-state index in [0.29, 0.717) is 18.8 Å². The van der Waals surface area contributed by atoms with E-state index in [1.54, 1.807) is 13.3 Å². The van der Waals surface area contributed by atoms with Gasteiger partial charge in [0.15, 0.2) is 0 Å². The van der Waals surface area contributed by atoms with E-state index < -0.39 is 0 Å². The molecule has 3 aromatic rings. The summed E-state index contributed by atoms with van der Waals surface area (Å²) in [6.45, 7) is 4.93. The summed E-state index contributed by atoms with van der Waals surface area (Å²) in [5.74, 6) is 1.81. The lowest BCUT2D eigenvalue weighted by Crippen LogP contribution is -2.49. The Hall–Kier alpha value is -3.02. The van der Waals surface area contributed by atoms with Gasteiger partial charge in [-0.25, -0.2) is 4.98 Å². The number of methoxy groups -OCH3 is 1. The Balaban J connectivity index is 1.52. The van der Waals surface area contributed by atoms with Crippen LogP contribution in [0.2, 0.25) is 0 Å². The summed E-state index contributed by atoms with van der Waals surface area (Å²) >= 11 is 0. The van der Waals surface area contributed by atoms with Gasteiger partial charge in [0.2, 0.25) is 0 Å². The molecule has 3 heterocycles. The lowest BCUT2D eigenvalue weighted by Gasteiger charge is -2.35. The molecular formula is C20H22N4O2. The minimum absolute atomic E-state index is 0.0540. The number of fused-ring (bicyclic) bond motifs is 1. The highest BCUT2D eigenvalue weighted by molar-refractivity contribution is 6.01. The Labute approximate surface area is 152 Å². The van der Waals surface area contributed by atoms with Crippen LogP contribution in [0.15, 0.2) is 42.6 Å². The Kier molecular flexibility index (Phi) is 4.24. The zero-order chi connectivity index (χ0) is 18.1. The Morgan fingerprint density at radius 1 is 1.15 bits per heavy atom. The largest absolute Gasteiger partial charge is 0.497 e. The molecule has 0 spiro atoms. The van der Waals surface area contributed by atoms with Crippen molar-refractivity contribution in [3.63, 3.8) is 0 Å². The summed E-state index contributed by atoms with van der Waals surface area (Å²) in [4.78, 5) is 24.8. The van der Waals surface area contributed by atoms with Crippen molar-refractivity contribution in [2.75, 3.05) is 38.2 Å². The predicted molar refractivity (Wildman–Crippen MR) is 102 cm³/mol. The SMILES string of the molecule is COc1ccc2[nH]c(C(=O)N3CCN(c4ccccn4)CC3)c(C)c2c1. The van der Waals surface area contributed by atoms with Gasteiger partial charge in [-0.1, -0.05) is 6.07 Å². The van der Waals surface area contributed by atoms with Gasteiger partial charge >= 0.3 is 0 Å². The molecule has 1 N–H and O–H groups in total. The molecule has 1 fully saturated rings. The average molecular weight is 350 g/mol. The topological polar surface area (TPSA) is 61.5 Å². The van der Waals surface area contributed by atoms with Gasteiger partial charge in [0.25, 0.3) is 5.91 Å². The van der Waals surface area contributed by atoms with Crippen molar-refractivity contribution in [1.29, 1.82) is 0 Å². The number of H-pyrrole nitrogens is 1. The number of piperazine rings is 1. The molecule has 134 valence electrons. The molecule has 0 radical (unpaired) electrons. The van der Waals surface area contributed by atoms with E-state index in [0.717, 1.165) is 41.1 Å². The molecule has 6 heteroatoms. The first kappa shape index (κ1) is 16.4. The van der Waals surface area contributed by atoms with E-state index in [1.165, 1.54) is 0 Å². The van der Waals surface area contributed by atoms with E-state index in [-0.39, 0.29) is 5.91 Å². The smallest absolute Gasteiger partial charge is 0.270 e. The number of anilines is 1. The molecule has 1 aliphatic heterocycles. The highest BCUT2D eigenvalue weighted by Crippen LogP contribution is 2.27. The first-order valence-corrected chi connectivity index (χ1v) is 8.79. The molecule has 4 rings (SSSR count). The maximum Gasteiger partial charge on any atom is 0.270 e. The number of nitrogens with one attached hydrogen (secondary N) is 1. The minimum atomic E-state index is 0.0540.